The van der Waals surface area contributed by atoms with Crippen LogP contribution in [0.25, 0.3) is 11.1 Å². The van der Waals surface area contributed by atoms with Gasteiger partial charge in [0.2, 0.25) is 5.91 Å². The third kappa shape index (κ3) is 15.9. The molecule has 0 unspecified atom stereocenters. The molecule has 0 aliphatic carbocycles. The van der Waals surface area contributed by atoms with E-state index < -0.39 is 37.1 Å². The molecule has 0 spiro atoms. The van der Waals surface area contributed by atoms with Gasteiger partial charge >= 0.3 is 6.09 Å². The van der Waals surface area contributed by atoms with E-state index in [9.17, 15) is 30.0 Å². The predicted octanol–water partition coefficient (Wildman–Crippen LogP) is 4.02. The molecule has 11 nitrogen and oxygen atoms in total. The minimum atomic E-state index is -1.69. The second-order valence-electron chi connectivity index (χ2n) is 13.9. The van der Waals surface area contributed by atoms with Crippen LogP contribution in [-0.4, -0.2) is 106 Å². The summed E-state index contributed by atoms with van der Waals surface area (Å²) >= 11 is 0. The summed E-state index contributed by atoms with van der Waals surface area (Å²) in [5, 5.41) is 55.5. The fraction of sp³-hybridized carbons (Fsp3) is 0.409. The lowest BCUT2D eigenvalue weighted by atomic mass is 9.99. The third-order valence-corrected chi connectivity index (χ3v) is 9.56. The highest BCUT2D eigenvalue weighted by atomic mass is 16.5. The van der Waals surface area contributed by atoms with Gasteiger partial charge in [-0.15, -0.1) is 0 Å². The van der Waals surface area contributed by atoms with Crippen molar-refractivity contribution in [2.75, 3.05) is 39.3 Å². The maximum Gasteiger partial charge on any atom is 0.407 e. The zero-order valence-electron chi connectivity index (χ0n) is 31.5. The first kappa shape index (κ1) is 43.1. The molecule has 55 heavy (non-hydrogen) atoms. The minimum Gasteiger partial charge on any atom is -0.445 e. The van der Waals surface area contributed by atoms with Crippen molar-refractivity contribution >= 4 is 12.0 Å². The van der Waals surface area contributed by atoms with Gasteiger partial charge in [0.05, 0.1) is 12.7 Å². The summed E-state index contributed by atoms with van der Waals surface area (Å²) in [5.41, 5.74) is 6.63. The van der Waals surface area contributed by atoms with Gasteiger partial charge in [-0.1, -0.05) is 109 Å². The lowest BCUT2D eigenvalue weighted by Gasteiger charge is -2.30. The first-order valence-corrected chi connectivity index (χ1v) is 19.2. The van der Waals surface area contributed by atoms with Crippen molar-refractivity contribution in [1.29, 1.82) is 0 Å². The number of ether oxygens (including phenoxy) is 1. The molecule has 2 amide bonds. The van der Waals surface area contributed by atoms with E-state index in [2.05, 4.69) is 47.0 Å². The van der Waals surface area contributed by atoms with Gasteiger partial charge < -0.3 is 40.9 Å². The lowest BCUT2D eigenvalue weighted by Crippen LogP contribution is -2.50. The van der Waals surface area contributed by atoms with Gasteiger partial charge in [-0.2, -0.15) is 0 Å². The maximum absolute atomic E-state index is 12.7. The molecule has 0 saturated carbocycles. The normalized spacial score (nSPS) is 13.5. The number of unbranched alkanes of at least 4 members (excludes halogenated alkanes) is 1. The molecule has 296 valence electrons. The second kappa shape index (κ2) is 24.0. The number of rotatable bonds is 24. The number of nitrogens with zero attached hydrogens (tertiary/aromatic N) is 1. The van der Waals surface area contributed by atoms with E-state index in [-0.39, 0.29) is 19.1 Å². The third-order valence-electron chi connectivity index (χ3n) is 9.56. The largest absolute Gasteiger partial charge is 0.445 e. The van der Waals surface area contributed by atoms with Gasteiger partial charge in [0, 0.05) is 32.6 Å². The average Bonchev–Trinajstić information content (AvgIpc) is 3.22. The molecule has 4 rings (SSSR count). The number of hydrogen-bond donors (Lipinski definition) is 7. The smallest absolute Gasteiger partial charge is 0.407 e. The highest BCUT2D eigenvalue weighted by molar-refractivity contribution is 5.76. The molecule has 7 N–H and O–H groups in total. The molecular formula is C44H57N3O8. The van der Waals surface area contributed by atoms with Crippen LogP contribution in [-0.2, 0) is 35.4 Å². The maximum atomic E-state index is 12.7. The van der Waals surface area contributed by atoms with Gasteiger partial charge in [0.15, 0.2) is 0 Å². The molecule has 0 aliphatic rings. The number of aliphatic hydroxyl groups excluding tert-OH is 5. The fourth-order valence-electron chi connectivity index (χ4n) is 6.23. The van der Waals surface area contributed by atoms with Crippen LogP contribution in [0.5, 0.6) is 0 Å². The number of carbonyl (C=O) groups excluding carboxylic acids is 2. The Balaban J connectivity index is 1.14. The van der Waals surface area contributed by atoms with Gasteiger partial charge in [0.1, 0.15) is 24.9 Å². The van der Waals surface area contributed by atoms with Crippen molar-refractivity contribution in [1.82, 2.24) is 15.5 Å². The summed E-state index contributed by atoms with van der Waals surface area (Å²) in [4.78, 5) is 26.6. The molecule has 0 fully saturated rings. The Hall–Kier alpha value is -4.62. The van der Waals surface area contributed by atoms with Crippen molar-refractivity contribution in [3.8, 4) is 11.1 Å². The number of hydrogen-bond acceptors (Lipinski definition) is 9. The average molecular weight is 756 g/mol. The number of carbonyl (C=O) groups is 2. The second-order valence-corrected chi connectivity index (χ2v) is 13.9. The van der Waals surface area contributed by atoms with Crippen LogP contribution in [0.4, 0.5) is 4.79 Å². The molecule has 0 bridgehead atoms. The molecule has 4 aromatic carbocycles. The molecule has 0 radical (unpaired) electrons. The van der Waals surface area contributed by atoms with E-state index in [1.807, 2.05) is 77.7 Å². The minimum absolute atomic E-state index is 0.0173. The van der Waals surface area contributed by atoms with Crippen LogP contribution in [0.2, 0.25) is 0 Å². The molecular weight excluding hydrogens is 698 g/mol. The van der Waals surface area contributed by atoms with E-state index in [1.54, 1.807) is 0 Å². The highest BCUT2D eigenvalue weighted by Crippen LogP contribution is 2.21. The van der Waals surface area contributed by atoms with Crippen LogP contribution >= 0.6 is 0 Å². The summed E-state index contributed by atoms with van der Waals surface area (Å²) in [6.45, 7) is 1.44. The first-order valence-electron chi connectivity index (χ1n) is 19.2. The Morgan fingerprint density at radius 2 is 1.13 bits per heavy atom. The summed E-state index contributed by atoms with van der Waals surface area (Å²) in [5.74, 6) is -0.0928. The van der Waals surface area contributed by atoms with Crippen LogP contribution in [0, 0.1) is 0 Å². The first-order chi connectivity index (χ1) is 26.7. The van der Waals surface area contributed by atoms with E-state index in [0.29, 0.717) is 39.0 Å². The highest BCUT2D eigenvalue weighted by Gasteiger charge is 2.31. The zero-order chi connectivity index (χ0) is 39.3. The van der Waals surface area contributed by atoms with Crippen molar-refractivity contribution in [2.24, 2.45) is 0 Å². The molecule has 0 aromatic heterocycles. The molecule has 0 aliphatic heterocycles. The number of aliphatic hydroxyl groups is 5. The molecule has 11 heteroatoms. The Morgan fingerprint density at radius 3 is 1.75 bits per heavy atom. The number of amides is 2. The summed E-state index contributed by atoms with van der Waals surface area (Å²) in [6.07, 6.45) is -1.46. The molecule has 4 atom stereocenters. The predicted molar refractivity (Wildman–Crippen MR) is 213 cm³/mol. The lowest BCUT2D eigenvalue weighted by molar-refractivity contribution is -0.121. The molecule has 0 saturated heterocycles. The number of aryl methyl sites for hydroxylation is 3. The fourth-order valence-corrected chi connectivity index (χ4v) is 6.23. The SMILES string of the molecule is O=C(CCc1ccc(-c2ccc(CCCCNC(=O)OCc3ccccc3)cc2)cc1)NCCN(CCCc1ccccc1)C[C@H](O)[C@@H](O)[C@H](O)[C@H](O)CO. The van der Waals surface area contributed by atoms with Crippen LogP contribution in [0.3, 0.4) is 0 Å². The van der Waals surface area contributed by atoms with Crippen molar-refractivity contribution in [2.45, 2.75) is 76.0 Å². The quantitative estimate of drug-likeness (QED) is 0.0522. The van der Waals surface area contributed by atoms with E-state index in [4.69, 9.17) is 9.84 Å². The van der Waals surface area contributed by atoms with Gasteiger partial charge in [-0.3, -0.25) is 9.69 Å². The van der Waals surface area contributed by atoms with Crippen molar-refractivity contribution in [3.05, 3.63) is 131 Å². The Labute approximate surface area is 324 Å². The molecule has 4 aromatic rings. The topological polar surface area (TPSA) is 172 Å². The molecule has 0 heterocycles. The Kier molecular flexibility index (Phi) is 18.8. The van der Waals surface area contributed by atoms with Crippen LogP contribution in [0.15, 0.2) is 109 Å². The van der Waals surface area contributed by atoms with Crippen molar-refractivity contribution < 1.29 is 39.9 Å². The van der Waals surface area contributed by atoms with Crippen molar-refractivity contribution in [3.63, 3.8) is 0 Å². The van der Waals surface area contributed by atoms with Gasteiger partial charge in [-0.25, -0.2) is 4.79 Å². The Bertz CT molecular complexity index is 1660. The van der Waals surface area contributed by atoms with E-state index in [0.717, 1.165) is 54.4 Å². The summed E-state index contributed by atoms with van der Waals surface area (Å²) in [7, 11) is 0. The monoisotopic (exact) mass is 755 g/mol. The zero-order valence-corrected chi connectivity index (χ0v) is 31.5. The Morgan fingerprint density at radius 1 is 0.582 bits per heavy atom. The number of benzene rings is 4. The van der Waals surface area contributed by atoms with Gasteiger partial charge in [-0.05, 0) is 78.5 Å². The van der Waals surface area contributed by atoms with Gasteiger partial charge in [0.25, 0.3) is 0 Å². The summed E-state index contributed by atoms with van der Waals surface area (Å²) < 4.78 is 5.25. The van der Waals surface area contributed by atoms with E-state index >= 15 is 0 Å². The summed E-state index contributed by atoms with van der Waals surface area (Å²) in [6, 6.07) is 36.3. The van der Waals surface area contributed by atoms with Crippen LogP contribution in [0.1, 0.15) is 47.9 Å². The van der Waals surface area contributed by atoms with Crippen LogP contribution < -0.4 is 10.6 Å². The standard InChI is InChI=1S/C44H57N3O8/c48-31-40(50)43(53)42(52)39(49)30-47(28-9-15-33-10-3-1-4-11-33)29-27-45-41(51)25-20-35-18-23-38(24-19-35)37-21-16-34(17-22-37)12-7-8-26-46-44(54)55-32-36-13-5-2-6-14-36/h1-6,10-11,13-14,16-19,21-24,39-40,42-43,48-50,52-53H,7-9,12,15,20,25-32H2,(H,45,51)(H,46,54)/t39-,40+,42+,43+/m0/s1. The number of nitrogens with one attached hydrogen (secondary N) is 2. The number of alkyl carbamates (subject to hydrolysis) is 1. The van der Waals surface area contributed by atoms with E-state index in [1.165, 1.54) is 11.1 Å².